The van der Waals surface area contributed by atoms with Gasteiger partial charge in [0.05, 0.1) is 6.42 Å². The number of nitrogens with one attached hydrogen (secondary N) is 2. The number of para-hydroxylation sites is 1. The summed E-state index contributed by atoms with van der Waals surface area (Å²) in [4.78, 5) is 59.2. The zero-order valence-corrected chi connectivity index (χ0v) is 24.0. The Labute approximate surface area is 246 Å². The van der Waals surface area contributed by atoms with Crippen LogP contribution in [0.2, 0.25) is 0 Å². The quantitative estimate of drug-likeness (QED) is 0.493. The predicted octanol–water partition coefficient (Wildman–Crippen LogP) is 3.70. The van der Waals surface area contributed by atoms with Crippen molar-refractivity contribution in [3.63, 3.8) is 0 Å². The van der Waals surface area contributed by atoms with Crippen LogP contribution in [0.4, 0.5) is 23.2 Å². The van der Waals surface area contributed by atoms with E-state index in [9.17, 15) is 36.7 Å². The Kier molecular flexibility index (Phi) is 8.28. The van der Waals surface area contributed by atoms with Gasteiger partial charge in [0.2, 0.25) is 11.8 Å². The number of nitrogens with zero attached hydrogens (tertiary/aromatic N) is 3. The lowest BCUT2D eigenvalue weighted by Crippen LogP contribution is -2.60. The summed E-state index contributed by atoms with van der Waals surface area (Å²) in [6.07, 6.45) is -6.41. The van der Waals surface area contributed by atoms with Gasteiger partial charge in [-0.3, -0.25) is 24.1 Å². The van der Waals surface area contributed by atoms with Crippen LogP contribution < -0.4 is 10.6 Å². The molecule has 1 saturated heterocycles. The van der Waals surface area contributed by atoms with Gasteiger partial charge in [0.1, 0.15) is 23.3 Å². The minimum absolute atomic E-state index is 0.0503. The molecule has 1 spiro atoms. The van der Waals surface area contributed by atoms with Gasteiger partial charge in [0.15, 0.2) is 0 Å². The summed E-state index contributed by atoms with van der Waals surface area (Å²) < 4.78 is 53.6. The largest absolute Gasteiger partial charge is 0.471 e. The molecule has 2 N–H and O–H groups in total. The number of anilines is 1. The van der Waals surface area contributed by atoms with Crippen LogP contribution in [0, 0.1) is 17.8 Å². The summed E-state index contributed by atoms with van der Waals surface area (Å²) in [6.45, 7) is 9.96. The second kappa shape index (κ2) is 11.3. The zero-order chi connectivity index (χ0) is 31.9. The van der Waals surface area contributed by atoms with Gasteiger partial charge in [-0.15, -0.1) is 0 Å². The van der Waals surface area contributed by atoms with Crippen LogP contribution in [-0.4, -0.2) is 71.4 Å². The smallest absolute Gasteiger partial charge is 0.336 e. The molecule has 4 amide bonds. The number of benzene rings is 2. The number of likely N-dealkylation sites (N-methyl/N-ethyl adjacent to an activating group) is 1. The maximum absolute atomic E-state index is 14.3. The Morgan fingerprint density at radius 1 is 1.16 bits per heavy atom. The van der Waals surface area contributed by atoms with Gasteiger partial charge in [0, 0.05) is 25.7 Å². The van der Waals surface area contributed by atoms with Crippen molar-refractivity contribution in [3.8, 4) is 6.57 Å². The van der Waals surface area contributed by atoms with E-state index in [0.717, 1.165) is 4.90 Å². The Morgan fingerprint density at radius 3 is 2.44 bits per heavy atom. The van der Waals surface area contributed by atoms with E-state index in [-0.39, 0.29) is 25.3 Å². The molecule has 2 aromatic carbocycles. The number of carbonyl (C=O) groups excluding carboxylic acids is 4. The summed E-state index contributed by atoms with van der Waals surface area (Å²) in [5, 5.41) is 4.57. The lowest BCUT2D eigenvalue weighted by molar-refractivity contribution is -0.176. The maximum Gasteiger partial charge on any atom is 0.471 e. The van der Waals surface area contributed by atoms with Gasteiger partial charge in [-0.05, 0) is 34.7 Å². The first-order valence-electron chi connectivity index (χ1n) is 13.5. The van der Waals surface area contributed by atoms with Crippen molar-refractivity contribution in [2.75, 3.05) is 18.9 Å². The van der Waals surface area contributed by atoms with Crippen LogP contribution in [0.25, 0.3) is 4.85 Å². The standard InChI is InChI=1S/C30H31F4N5O4/c1-28(2,3)23(37-27(43)30(32,33)34)25(41)38(5)21(14-17-9-8-10-18(31)13-17)24(40)39-16-29(15-22(39)35-4)19-11-6-7-12-20(19)36-26(29)42/h4,6-13,21-23H,14-16H2,1-3,5H3,(H-,36,37,42,43)/p+1/t21-,22-,23+,29-/m0/s1. The molecule has 2 aliphatic heterocycles. The van der Waals surface area contributed by atoms with Gasteiger partial charge in [-0.1, -0.05) is 55.9 Å². The van der Waals surface area contributed by atoms with Gasteiger partial charge in [-0.25, -0.2) is 4.39 Å². The number of rotatable bonds is 6. The summed E-state index contributed by atoms with van der Waals surface area (Å²) in [5.74, 6) is -4.94. The summed E-state index contributed by atoms with van der Waals surface area (Å²) >= 11 is 0. The Bertz CT molecular complexity index is 1500. The summed E-state index contributed by atoms with van der Waals surface area (Å²) in [6, 6.07) is 9.23. The molecule has 2 aromatic rings. The maximum atomic E-state index is 14.3. The second-order valence-corrected chi connectivity index (χ2v) is 12.0. The molecule has 0 saturated carbocycles. The number of likely N-dealkylation sites (tertiary alicyclic amines) is 1. The van der Waals surface area contributed by atoms with Gasteiger partial charge in [0.25, 0.3) is 12.5 Å². The number of carbonyl (C=O) groups is 4. The predicted molar refractivity (Wildman–Crippen MR) is 149 cm³/mol. The van der Waals surface area contributed by atoms with Crippen LogP contribution in [0.5, 0.6) is 0 Å². The van der Waals surface area contributed by atoms with Crippen molar-refractivity contribution in [1.29, 1.82) is 0 Å². The first-order valence-corrected chi connectivity index (χ1v) is 13.5. The third kappa shape index (κ3) is 6.04. The average Bonchev–Trinajstić information content (AvgIpc) is 3.45. The van der Waals surface area contributed by atoms with E-state index in [0.29, 0.717) is 16.8 Å². The molecule has 0 aromatic heterocycles. The minimum atomic E-state index is -5.25. The average molecular weight is 603 g/mol. The van der Waals surface area contributed by atoms with Crippen molar-refractivity contribution >= 4 is 29.3 Å². The highest BCUT2D eigenvalue weighted by Crippen LogP contribution is 2.47. The monoisotopic (exact) mass is 602 g/mol. The molecule has 228 valence electrons. The normalized spacial score (nSPS) is 21.0. The van der Waals surface area contributed by atoms with E-state index in [1.54, 1.807) is 29.6 Å². The molecular weight excluding hydrogens is 570 g/mol. The molecule has 0 unspecified atom stereocenters. The van der Waals surface area contributed by atoms with E-state index in [1.807, 2.05) is 0 Å². The number of hydrogen-bond acceptors (Lipinski definition) is 4. The molecule has 0 radical (unpaired) electrons. The summed E-state index contributed by atoms with van der Waals surface area (Å²) in [7, 11) is 1.22. The van der Waals surface area contributed by atoms with Crippen LogP contribution in [0.1, 0.15) is 38.3 Å². The number of alkyl halides is 3. The second-order valence-electron chi connectivity index (χ2n) is 12.0. The van der Waals surface area contributed by atoms with E-state index < -0.39 is 58.8 Å². The van der Waals surface area contributed by atoms with Crippen molar-refractivity contribution < 1.29 is 36.7 Å². The van der Waals surface area contributed by atoms with Gasteiger partial charge >= 0.3 is 18.2 Å². The molecule has 4 atom stereocenters. The molecule has 9 nitrogen and oxygen atoms in total. The lowest BCUT2D eigenvalue weighted by Gasteiger charge is -2.37. The molecule has 0 bridgehead atoms. The highest BCUT2D eigenvalue weighted by molar-refractivity contribution is 6.07. The highest BCUT2D eigenvalue weighted by atomic mass is 19.4. The van der Waals surface area contributed by atoms with Crippen LogP contribution in [0.15, 0.2) is 48.5 Å². The molecule has 1 fully saturated rings. The molecule has 2 aliphatic rings. The molecule has 0 aliphatic carbocycles. The number of amides is 4. The minimum Gasteiger partial charge on any atom is -0.336 e. The Morgan fingerprint density at radius 2 is 1.84 bits per heavy atom. The molecule has 13 heteroatoms. The van der Waals surface area contributed by atoms with Crippen molar-refractivity contribution in [1.82, 2.24) is 15.1 Å². The van der Waals surface area contributed by atoms with E-state index in [4.69, 9.17) is 6.57 Å². The van der Waals surface area contributed by atoms with Crippen LogP contribution in [-0.2, 0) is 31.0 Å². The van der Waals surface area contributed by atoms with E-state index in [2.05, 4.69) is 10.2 Å². The first-order chi connectivity index (χ1) is 20.0. The van der Waals surface area contributed by atoms with Crippen LogP contribution in [0.3, 0.4) is 0 Å². The number of halogens is 4. The SMILES string of the molecule is C#[N+][C@@H]1C[C@@]2(CN1C(=O)[C@H](Cc1cccc(F)c1)N(C)C(=O)[C@@H](NC(=O)C(F)(F)F)C(C)(C)C)C(=O)Nc1ccccc12. The number of fused-ring (bicyclic) bond motifs is 2. The van der Waals surface area contributed by atoms with E-state index >= 15 is 0 Å². The fourth-order valence-electron chi connectivity index (χ4n) is 5.66. The molecule has 2 heterocycles. The molecule has 43 heavy (non-hydrogen) atoms. The lowest BCUT2D eigenvalue weighted by atomic mass is 9.80. The molecular formula is C30H32F4N5O4+. The highest BCUT2D eigenvalue weighted by Gasteiger charge is 2.60. The molecule has 4 rings (SSSR count). The van der Waals surface area contributed by atoms with Crippen molar-refractivity contribution in [3.05, 3.63) is 70.3 Å². The fraction of sp³-hybridized carbons (Fsp3) is 0.433. The number of hydrogen-bond donors (Lipinski definition) is 2. The van der Waals surface area contributed by atoms with Gasteiger partial charge in [-0.2, -0.15) is 13.2 Å². The third-order valence-electron chi connectivity index (χ3n) is 7.98. The van der Waals surface area contributed by atoms with E-state index in [1.165, 1.54) is 57.0 Å². The third-order valence-corrected chi connectivity index (χ3v) is 7.98. The fourth-order valence-corrected chi connectivity index (χ4v) is 5.66. The van der Waals surface area contributed by atoms with Gasteiger partial charge < -0.3 is 15.5 Å². The van der Waals surface area contributed by atoms with Crippen molar-refractivity contribution in [2.24, 2.45) is 5.41 Å². The Hall–Kier alpha value is -4.47. The summed E-state index contributed by atoms with van der Waals surface area (Å²) in [5.41, 5.74) is -0.825. The first kappa shape index (κ1) is 31.5. The van der Waals surface area contributed by atoms with Crippen molar-refractivity contribution in [2.45, 2.75) is 63.5 Å². The Balaban J connectivity index is 1.72. The zero-order valence-electron chi connectivity index (χ0n) is 24.0. The topological polar surface area (TPSA) is 103 Å². The van der Waals surface area contributed by atoms with Crippen LogP contribution >= 0.6 is 0 Å².